The topological polar surface area (TPSA) is 76.4 Å². The summed E-state index contributed by atoms with van der Waals surface area (Å²) in [6.07, 6.45) is 0.625. The van der Waals surface area contributed by atoms with Crippen LogP contribution in [0.15, 0.2) is 47.6 Å². The highest BCUT2D eigenvalue weighted by Gasteiger charge is 2.23. The van der Waals surface area contributed by atoms with Gasteiger partial charge in [0, 0.05) is 16.6 Å². The molecule has 0 aliphatic carbocycles. The number of rotatable bonds is 6. The molecule has 164 valence electrons. The Morgan fingerprint density at radius 2 is 1.84 bits per heavy atom. The number of pyridine rings is 1. The van der Waals surface area contributed by atoms with Gasteiger partial charge in [0.2, 0.25) is 5.91 Å². The molecular formula is C25H26N4O2S. The van der Waals surface area contributed by atoms with Crippen LogP contribution in [0.2, 0.25) is 0 Å². The van der Waals surface area contributed by atoms with Gasteiger partial charge in [-0.15, -0.1) is 10.2 Å². The maximum absolute atomic E-state index is 13.0. The molecule has 0 aliphatic rings. The molecule has 0 radical (unpaired) electrons. The van der Waals surface area contributed by atoms with Crippen molar-refractivity contribution in [1.82, 2.24) is 14.6 Å². The molecule has 0 spiro atoms. The number of aromatic nitrogens is 3. The van der Waals surface area contributed by atoms with Crippen LogP contribution in [-0.2, 0) is 4.79 Å². The third-order valence-corrected chi connectivity index (χ3v) is 6.85. The molecule has 1 unspecified atom stereocenters. The molecule has 2 aromatic carbocycles. The maximum atomic E-state index is 13.0. The molecule has 2 heterocycles. The summed E-state index contributed by atoms with van der Waals surface area (Å²) >= 11 is 1.41. The van der Waals surface area contributed by atoms with Gasteiger partial charge in [0.25, 0.3) is 0 Å². The summed E-state index contributed by atoms with van der Waals surface area (Å²) in [6, 6.07) is 13.4. The van der Waals surface area contributed by atoms with Crippen LogP contribution in [0.4, 0.5) is 5.69 Å². The Balaban J connectivity index is 1.69. The van der Waals surface area contributed by atoms with E-state index in [9.17, 15) is 9.59 Å². The summed E-state index contributed by atoms with van der Waals surface area (Å²) in [5.74, 6) is -0.163. The normalized spacial score (nSPS) is 12.3. The summed E-state index contributed by atoms with van der Waals surface area (Å²) in [6.45, 7) is 9.76. The lowest BCUT2D eigenvalue weighted by molar-refractivity contribution is -0.115. The molecule has 0 bridgehead atoms. The van der Waals surface area contributed by atoms with Gasteiger partial charge in [-0.2, -0.15) is 0 Å². The van der Waals surface area contributed by atoms with Gasteiger partial charge in [0.05, 0.1) is 10.8 Å². The van der Waals surface area contributed by atoms with Crippen LogP contribution in [0.25, 0.3) is 16.6 Å². The Labute approximate surface area is 191 Å². The minimum atomic E-state index is -0.356. The number of nitrogens with zero attached hydrogens (tertiary/aromatic N) is 3. The number of hydrogen-bond acceptors (Lipinski definition) is 5. The number of anilines is 1. The van der Waals surface area contributed by atoms with Gasteiger partial charge in [-0.25, -0.2) is 0 Å². The van der Waals surface area contributed by atoms with Crippen molar-refractivity contribution in [1.29, 1.82) is 0 Å². The Hall–Kier alpha value is -3.19. The van der Waals surface area contributed by atoms with Crippen LogP contribution < -0.4 is 5.32 Å². The van der Waals surface area contributed by atoms with Crippen molar-refractivity contribution >= 4 is 45.7 Å². The highest BCUT2D eigenvalue weighted by atomic mass is 32.2. The molecule has 2 aromatic heterocycles. The molecule has 6 nitrogen and oxygen atoms in total. The molecule has 0 aliphatic heterocycles. The largest absolute Gasteiger partial charge is 0.325 e. The number of amides is 1. The van der Waals surface area contributed by atoms with Gasteiger partial charge in [-0.3, -0.25) is 14.0 Å². The SMILES string of the molecule is CCC(Sc1nnc2cc(C)c3cc(C)cc(C)c3n12)C(=O)Nc1cccc(C(C)=O)c1. The van der Waals surface area contributed by atoms with Gasteiger partial charge in [0.1, 0.15) is 0 Å². The zero-order valence-corrected chi connectivity index (χ0v) is 19.7. The van der Waals surface area contributed by atoms with Crippen LogP contribution >= 0.6 is 11.8 Å². The van der Waals surface area contributed by atoms with Crippen molar-refractivity contribution in [2.45, 2.75) is 51.4 Å². The number of carbonyl (C=O) groups excluding carboxylic acids is 2. The number of hydrogen-bond donors (Lipinski definition) is 1. The van der Waals surface area contributed by atoms with E-state index in [1.54, 1.807) is 24.3 Å². The van der Waals surface area contributed by atoms with E-state index in [1.807, 2.05) is 17.4 Å². The van der Waals surface area contributed by atoms with Crippen molar-refractivity contribution in [2.24, 2.45) is 0 Å². The first-order chi connectivity index (χ1) is 15.3. The van der Waals surface area contributed by atoms with Crippen LogP contribution in [0, 0.1) is 20.8 Å². The number of aryl methyl sites for hydroxylation is 3. The minimum absolute atomic E-state index is 0.0368. The standard InChI is InChI=1S/C25H26N4O2S/c1-6-21(24(31)26-19-9-7-8-18(13-19)17(5)30)32-25-28-27-22-12-15(3)20-11-14(2)10-16(4)23(20)29(22)25/h7-13,21H,6H2,1-5H3,(H,26,31). The monoisotopic (exact) mass is 446 g/mol. The fourth-order valence-corrected chi connectivity index (χ4v) is 4.94. The first kappa shape index (κ1) is 22.0. The predicted octanol–water partition coefficient (Wildman–Crippen LogP) is 5.52. The zero-order chi connectivity index (χ0) is 23.0. The second-order valence-electron chi connectivity index (χ2n) is 8.12. The second-order valence-corrected chi connectivity index (χ2v) is 9.29. The fraction of sp³-hybridized carbons (Fsp3) is 0.280. The average molecular weight is 447 g/mol. The van der Waals surface area contributed by atoms with E-state index in [0.29, 0.717) is 22.8 Å². The highest BCUT2D eigenvalue weighted by Crippen LogP contribution is 2.31. The summed E-state index contributed by atoms with van der Waals surface area (Å²) in [5, 5.41) is 13.2. The van der Waals surface area contributed by atoms with E-state index >= 15 is 0 Å². The van der Waals surface area contributed by atoms with Gasteiger partial charge >= 0.3 is 0 Å². The molecule has 0 saturated heterocycles. The predicted molar refractivity (Wildman–Crippen MR) is 130 cm³/mol. The van der Waals surface area contributed by atoms with Gasteiger partial charge in [-0.1, -0.05) is 42.4 Å². The molecule has 4 aromatic rings. The van der Waals surface area contributed by atoms with E-state index in [0.717, 1.165) is 27.7 Å². The smallest absolute Gasteiger partial charge is 0.237 e. The van der Waals surface area contributed by atoms with Crippen molar-refractivity contribution in [3.8, 4) is 0 Å². The quantitative estimate of drug-likeness (QED) is 0.312. The van der Waals surface area contributed by atoms with Gasteiger partial charge in [-0.05, 0) is 69.5 Å². The van der Waals surface area contributed by atoms with E-state index in [4.69, 9.17) is 0 Å². The van der Waals surface area contributed by atoms with E-state index in [-0.39, 0.29) is 16.9 Å². The summed E-state index contributed by atoms with van der Waals surface area (Å²) in [5.41, 5.74) is 6.53. The van der Waals surface area contributed by atoms with E-state index < -0.39 is 0 Å². The number of fused-ring (bicyclic) bond motifs is 3. The molecular weight excluding hydrogens is 420 g/mol. The minimum Gasteiger partial charge on any atom is -0.325 e. The summed E-state index contributed by atoms with van der Waals surface area (Å²) < 4.78 is 2.05. The van der Waals surface area contributed by atoms with Crippen molar-refractivity contribution in [3.63, 3.8) is 0 Å². The Morgan fingerprint density at radius 1 is 1.06 bits per heavy atom. The first-order valence-electron chi connectivity index (χ1n) is 10.6. The molecule has 0 saturated carbocycles. The molecule has 4 rings (SSSR count). The number of carbonyl (C=O) groups is 2. The van der Waals surface area contributed by atoms with Crippen LogP contribution in [0.5, 0.6) is 0 Å². The highest BCUT2D eigenvalue weighted by molar-refractivity contribution is 8.00. The van der Waals surface area contributed by atoms with Crippen LogP contribution in [0.1, 0.15) is 47.3 Å². The van der Waals surface area contributed by atoms with Crippen LogP contribution in [-0.4, -0.2) is 31.5 Å². The number of nitrogens with one attached hydrogen (secondary N) is 1. The fourth-order valence-electron chi connectivity index (χ4n) is 3.98. The molecule has 0 fully saturated rings. The zero-order valence-electron chi connectivity index (χ0n) is 18.9. The van der Waals surface area contributed by atoms with Crippen molar-refractivity contribution in [2.75, 3.05) is 5.32 Å². The molecule has 1 N–H and O–H groups in total. The lowest BCUT2D eigenvalue weighted by Crippen LogP contribution is -2.25. The number of thioether (sulfide) groups is 1. The van der Waals surface area contributed by atoms with Crippen LogP contribution in [0.3, 0.4) is 0 Å². The lowest BCUT2D eigenvalue weighted by atomic mass is 10.0. The third-order valence-electron chi connectivity index (χ3n) is 5.54. The molecule has 1 atom stereocenters. The Bertz CT molecular complexity index is 1360. The Kier molecular flexibility index (Phi) is 6.02. The lowest BCUT2D eigenvalue weighted by Gasteiger charge is -2.15. The maximum Gasteiger partial charge on any atom is 0.237 e. The third kappa shape index (κ3) is 4.12. The molecule has 7 heteroatoms. The van der Waals surface area contributed by atoms with Gasteiger partial charge in [0.15, 0.2) is 16.6 Å². The number of Topliss-reactive ketones (excluding diaryl/α,β-unsaturated/α-hetero) is 1. The molecule has 1 amide bonds. The van der Waals surface area contributed by atoms with Crippen molar-refractivity contribution in [3.05, 3.63) is 64.7 Å². The van der Waals surface area contributed by atoms with Gasteiger partial charge < -0.3 is 5.32 Å². The first-order valence-corrected chi connectivity index (χ1v) is 11.5. The summed E-state index contributed by atoms with van der Waals surface area (Å²) in [4.78, 5) is 24.7. The van der Waals surface area contributed by atoms with E-state index in [2.05, 4.69) is 48.4 Å². The number of benzene rings is 2. The number of ketones is 1. The average Bonchev–Trinajstić information content (AvgIpc) is 3.14. The summed E-state index contributed by atoms with van der Waals surface area (Å²) in [7, 11) is 0. The second kappa shape index (κ2) is 8.74. The van der Waals surface area contributed by atoms with Crippen molar-refractivity contribution < 1.29 is 9.59 Å². The molecule has 32 heavy (non-hydrogen) atoms. The Morgan fingerprint density at radius 3 is 2.56 bits per heavy atom. The van der Waals surface area contributed by atoms with E-state index in [1.165, 1.54) is 24.2 Å².